The number of aromatic amines is 1. The molecule has 0 fully saturated rings. The molecule has 1 aliphatic rings. The Balaban J connectivity index is 1.31. The Kier molecular flexibility index (Phi) is 4.93. The summed E-state index contributed by atoms with van der Waals surface area (Å²) in [6.45, 7) is 0. The largest absolute Gasteiger partial charge is 0.497 e. The Morgan fingerprint density at radius 3 is 2.97 bits per heavy atom. The molecule has 0 saturated carbocycles. The lowest BCUT2D eigenvalue weighted by Gasteiger charge is -2.23. The smallest absolute Gasteiger partial charge is 0.231 e. The van der Waals surface area contributed by atoms with Crippen molar-refractivity contribution in [1.29, 1.82) is 0 Å². The Morgan fingerprint density at radius 2 is 2.13 bits per heavy atom. The number of carbonyl (C=O) groups excluding carboxylic acids is 1. The number of aromatic nitrogens is 5. The predicted molar refractivity (Wildman–Crippen MR) is 114 cm³/mol. The van der Waals surface area contributed by atoms with E-state index in [9.17, 15) is 4.79 Å². The highest BCUT2D eigenvalue weighted by Gasteiger charge is 2.26. The van der Waals surface area contributed by atoms with Gasteiger partial charge in [0.2, 0.25) is 11.8 Å². The van der Waals surface area contributed by atoms with Crippen molar-refractivity contribution in [1.82, 2.24) is 30.1 Å². The predicted octanol–water partition coefficient (Wildman–Crippen LogP) is 2.75. The molecule has 9 nitrogen and oxygen atoms in total. The number of H-pyrrole nitrogens is 1. The Hall–Kier alpha value is -3.62. The molecule has 0 saturated heterocycles. The van der Waals surface area contributed by atoms with E-state index >= 15 is 0 Å². The van der Waals surface area contributed by atoms with Crippen molar-refractivity contribution in [3.05, 3.63) is 47.4 Å². The van der Waals surface area contributed by atoms with Crippen LogP contribution in [0.3, 0.4) is 0 Å². The maximum atomic E-state index is 12.7. The molecular weight excluding hydrogens is 396 g/mol. The fraction of sp³-hybridized carbons (Fsp3) is 0.364. The van der Waals surface area contributed by atoms with Gasteiger partial charge in [-0.2, -0.15) is 4.52 Å². The molecule has 0 unspecified atom stereocenters. The van der Waals surface area contributed by atoms with Crippen LogP contribution in [0.2, 0.25) is 0 Å². The van der Waals surface area contributed by atoms with Gasteiger partial charge in [0.05, 0.1) is 20.3 Å². The van der Waals surface area contributed by atoms with E-state index in [-0.39, 0.29) is 11.9 Å². The molecule has 0 spiro atoms. The van der Waals surface area contributed by atoms with Crippen molar-refractivity contribution < 1.29 is 14.3 Å². The number of nitrogens with zero attached hydrogens (tertiary/aromatic N) is 4. The minimum absolute atomic E-state index is 0.0197. The second kappa shape index (κ2) is 7.90. The first-order valence-electron chi connectivity index (χ1n) is 10.4. The summed E-state index contributed by atoms with van der Waals surface area (Å²) in [6, 6.07) is 9.54. The van der Waals surface area contributed by atoms with Crippen molar-refractivity contribution in [2.75, 3.05) is 14.2 Å². The highest BCUT2D eigenvalue weighted by Crippen LogP contribution is 2.36. The van der Waals surface area contributed by atoms with E-state index in [4.69, 9.17) is 9.47 Å². The number of benzene rings is 1. The van der Waals surface area contributed by atoms with Crippen LogP contribution in [-0.4, -0.2) is 44.9 Å². The summed E-state index contributed by atoms with van der Waals surface area (Å²) in [5.74, 6) is 1.93. The highest BCUT2D eigenvalue weighted by molar-refractivity contribution is 5.87. The molecular formula is C22H24N6O3. The van der Waals surface area contributed by atoms with Gasteiger partial charge in [0.1, 0.15) is 5.75 Å². The van der Waals surface area contributed by atoms with Crippen LogP contribution in [0.4, 0.5) is 0 Å². The SMILES string of the molecule is COc1ccc2[nH]c3c(c2c1)CCC[C@@H]3NC(=O)CCc1nnc2ccc(OC)nn12. The third kappa shape index (κ3) is 3.56. The summed E-state index contributed by atoms with van der Waals surface area (Å²) in [5, 5.41) is 17.0. The number of ether oxygens (including phenoxy) is 2. The molecule has 1 atom stereocenters. The zero-order valence-electron chi connectivity index (χ0n) is 17.5. The zero-order valence-corrected chi connectivity index (χ0v) is 17.5. The fourth-order valence-electron chi connectivity index (χ4n) is 4.29. The summed E-state index contributed by atoms with van der Waals surface area (Å²) >= 11 is 0. The van der Waals surface area contributed by atoms with Crippen LogP contribution < -0.4 is 14.8 Å². The van der Waals surface area contributed by atoms with Crippen LogP contribution in [0.5, 0.6) is 11.6 Å². The maximum Gasteiger partial charge on any atom is 0.231 e. The standard InChI is InChI=1S/C22H24N6O3/c1-30-13-6-7-16-15(12-13)14-4-3-5-17(22(14)24-16)23-20(29)10-8-18-25-26-19-9-11-21(31-2)27-28(18)19/h6-7,9,11-12,17,24H,3-5,8,10H2,1-2H3,(H,23,29)/t17-/m0/s1. The van der Waals surface area contributed by atoms with Crippen molar-refractivity contribution in [2.24, 2.45) is 0 Å². The monoisotopic (exact) mass is 420 g/mol. The summed E-state index contributed by atoms with van der Waals surface area (Å²) < 4.78 is 12.2. The third-order valence-corrected chi connectivity index (χ3v) is 5.84. The van der Waals surface area contributed by atoms with Crippen molar-refractivity contribution in [2.45, 2.75) is 38.1 Å². The summed E-state index contributed by atoms with van der Waals surface area (Å²) in [5.41, 5.74) is 4.07. The van der Waals surface area contributed by atoms with E-state index in [1.165, 1.54) is 10.9 Å². The van der Waals surface area contributed by atoms with Gasteiger partial charge < -0.3 is 19.8 Å². The molecule has 160 valence electrons. The summed E-state index contributed by atoms with van der Waals surface area (Å²) in [7, 11) is 3.23. The highest BCUT2D eigenvalue weighted by atomic mass is 16.5. The van der Waals surface area contributed by atoms with Crippen LogP contribution in [0.15, 0.2) is 30.3 Å². The van der Waals surface area contributed by atoms with Crippen LogP contribution in [0.1, 0.15) is 42.4 Å². The maximum absolute atomic E-state index is 12.7. The van der Waals surface area contributed by atoms with Gasteiger partial charge in [0, 0.05) is 35.5 Å². The van der Waals surface area contributed by atoms with Gasteiger partial charge >= 0.3 is 0 Å². The van der Waals surface area contributed by atoms with Crippen molar-refractivity contribution in [3.63, 3.8) is 0 Å². The average molecular weight is 420 g/mol. The third-order valence-electron chi connectivity index (χ3n) is 5.84. The lowest BCUT2D eigenvalue weighted by molar-refractivity contribution is -0.122. The molecule has 5 rings (SSSR count). The average Bonchev–Trinajstić information content (AvgIpc) is 3.38. The molecule has 9 heteroatoms. The number of rotatable bonds is 6. The second-order valence-electron chi connectivity index (χ2n) is 7.70. The van der Waals surface area contributed by atoms with Gasteiger partial charge in [-0.1, -0.05) is 0 Å². The van der Waals surface area contributed by atoms with Gasteiger partial charge in [0.25, 0.3) is 0 Å². The first-order valence-corrected chi connectivity index (χ1v) is 10.4. The molecule has 0 bridgehead atoms. The Labute approximate surface area is 178 Å². The van der Waals surface area contributed by atoms with Gasteiger partial charge in [-0.25, -0.2) is 0 Å². The fourth-order valence-corrected chi connectivity index (χ4v) is 4.29. The number of nitrogens with one attached hydrogen (secondary N) is 2. The number of aryl methyl sites for hydroxylation is 2. The molecule has 1 amide bonds. The van der Waals surface area contributed by atoms with E-state index in [1.807, 2.05) is 12.1 Å². The van der Waals surface area contributed by atoms with Gasteiger partial charge in [-0.3, -0.25) is 4.79 Å². The van der Waals surface area contributed by atoms with Gasteiger partial charge in [-0.15, -0.1) is 15.3 Å². The number of fused-ring (bicyclic) bond motifs is 4. The van der Waals surface area contributed by atoms with Crippen molar-refractivity contribution >= 4 is 22.5 Å². The summed E-state index contributed by atoms with van der Waals surface area (Å²) in [6.07, 6.45) is 3.68. The zero-order chi connectivity index (χ0) is 21.4. The molecule has 2 N–H and O–H groups in total. The molecule has 0 radical (unpaired) electrons. The minimum atomic E-state index is -0.0250. The van der Waals surface area contributed by atoms with E-state index < -0.39 is 0 Å². The molecule has 1 aromatic carbocycles. The number of amides is 1. The lowest BCUT2D eigenvalue weighted by Crippen LogP contribution is -2.31. The first-order chi connectivity index (χ1) is 15.2. The van der Waals surface area contributed by atoms with Crippen LogP contribution in [0, 0.1) is 0 Å². The van der Waals surface area contributed by atoms with Crippen LogP contribution in [-0.2, 0) is 17.6 Å². The van der Waals surface area contributed by atoms with Gasteiger partial charge in [-0.05, 0) is 49.1 Å². The summed E-state index contributed by atoms with van der Waals surface area (Å²) in [4.78, 5) is 16.3. The molecule has 0 aliphatic heterocycles. The van der Waals surface area contributed by atoms with E-state index in [2.05, 4.69) is 31.7 Å². The van der Waals surface area contributed by atoms with E-state index in [0.717, 1.165) is 36.2 Å². The van der Waals surface area contributed by atoms with E-state index in [1.54, 1.807) is 30.9 Å². The van der Waals surface area contributed by atoms with Crippen LogP contribution in [0.25, 0.3) is 16.6 Å². The minimum Gasteiger partial charge on any atom is -0.497 e. The van der Waals surface area contributed by atoms with Crippen molar-refractivity contribution in [3.8, 4) is 11.6 Å². The number of carbonyl (C=O) groups is 1. The topological polar surface area (TPSA) is 106 Å². The number of hydrogen-bond acceptors (Lipinski definition) is 6. The van der Waals surface area contributed by atoms with Gasteiger partial charge in [0.15, 0.2) is 11.5 Å². The van der Waals surface area contributed by atoms with E-state index in [0.29, 0.717) is 30.2 Å². The first kappa shape index (κ1) is 19.3. The number of hydrogen-bond donors (Lipinski definition) is 2. The normalized spacial score (nSPS) is 15.7. The Morgan fingerprint density at radius 1 is 1.23 bits per heavy atom. The molecule has 4 aromatic rings. The lowest BCUT2D eigenvalue weighted by atomic mass is 9.91. The molecule has 31 heavy (non-hydrogen) atoms. The quantitative estimate of drug-likeness (QED) is 0.497. The molecule has 3 aromatic heterocycles. The number of methoxy groups -OCH3 is 2. The molecule has 1 aliphatic carbocycles. The van der Waals surface area contributed by atoms with Crippen LogP contribution >= 0.6 is 0 Å². The second-order valence-corrected chi connectivity index (χ2v) is 7.70. The molecule has 3 heterocycles. The Bertz CT molecular complexity index is 1260.